The van der Waals surface area contributed by atoms with Gasteiger partial charge in [-0.05, 0) is 37.8 Å². The summed E-state index contributed by atoms with van der Waals surface area (Å²) in [6.45, 7) is 4.93. The van der Waals surface area contributed by atoms with Gasteiger partial charge in [0.25, 0.3) is 5.91 Å². The van der Waals surface area contributed by atoms with Crippen molar-refractivity contribution in [2.24, 2.45) is 0 Å². The molecule has 5 nitrogen and oxygen atoms in total. The number of hydrogen-bond donors (Lipinski definition) is 0. The van der Waals surface area contributed by atoms with E-state index in [-0.39, 0.29) is 18.5 Å². The zero-order valence-corrected chi connectivity index (χ0v) is 13.4. The number of fused-ring (bicyclic) bond motifs is 1. The van der Waals surface area contributed by atoms with Crippen LogP contribution in [0.25, 0.3) is 0 Å². The molecular formula is C17H22N2O3. The second-order valence-electron chi connectivity index (χ2n) is 6.13. The maximum atomic E-state index is 12.8. The van der Waals surface area contributed by atoms with Crippen LogP contribution in [0.1, 0.15) is 37.3 Å². The van der Waals surface area contributed by atoms with E-state index in [0.29, 0.717) is 13.0 Å². The molecule has 1 aromatic carbocycles. The standard InChI is InChI=1S/C17H22N2O3/c1-4-17-8-5-9-19(17)16(21)18(15(17)20)11-13-7-6-12(2)10-14(13)22-3/h6-7,10H,4-5,8-9,11H2,1-3H3/t17-/m1/s1. The largest absolute Gasteiger partial charge is 0.496 e. The van der Waals surface area contributed by atoms with E-state index < -0.39 is 5.54 Å². The first-order valence-corrected chi connectivity index (χ1v) is 7.80. The molecule has 0 aliphatic carbocycles. The van der Waals surface area contributed by atoms with Crippen LogP contribution in [-0.2, 0) is 11.3 Å². The monoisotopic (exact) mass is 302 g/mol. The van der Waals surface area contributed by atoms with E-state index in [4.69, 9.17) is 4.74 Å². The average molecular weight is 302 g/mol. The lowest BCUT2D eigenvalue weighted by Gasteiger charge is -2.26. The summed E-state index contributed by atoms with van der Waals surface area (Å²) in [5.74, 6) is 0.665. The Labute approximate surface area is 130 Å². The van der Waals surface area contributed by atoms with Gasteiger partial charge in [0, 0.05) is 12.1 Å². The smallest absolute Gasteiger partial charge is 0.327 e. The molecule has 118 valence electrons. The van der Waals surface area contributed by atoms with Gasteiger partial charge in [-0.2, -0.15) is 0 Å². The number of imide groups is 1. The predicted molar refractivity (Wildman–Crippen MR) is 82.6 cm³/mol. The molecular weight excluding hydrogens is 280 g/mol. The van der Waals surface area contributed by atoms with Crippen LogP contribution >= 0.6 is 0 Å². The van der Waals surface area contributed by atoms with Gasteiger partial charge in [-0.25, -0.2) is 4.79 Å². The third-order valence-electron chi connectivity index (χ3n) is 4.95. The first-order chi connectivity index (χ1) is 10.5. The molecule has 2 saturated heterocycles. The Hall–Kier alpha value is -2.04. The molecule has 0 unspecified atom stereocenters. The number of carbonyl (C=O) groups is 2. The van der Waals surface area contributed by atoms with Crippen molar-refractivity contribution in [2.45, 2.75) is 45.2 Å². The van der Waals surface area contributed by atoms with Crippen molar-refractivity contribution in [3.63, 3.8) is 0 Å². The van der Waals surface area contributed by atoms with Crippen LogP contribution in [0.2, 0.25) is 0 Å². The van der Waals surface area contributed by atoms with E-state index in [1.54, 1.807) is 12.0 Å². The highest BCUT2D eigenvalue weighted by molar-refractivity contribution is 6.07. The van der Waals surface area contributed by atoms with Crippen molar-refractivity contribution in [1.82, 2.24) is 9.80 Å². The van der Waals surface area contributed by atoms with Crippen LogP contribution < -0.4 is 4.74 Å². The number of methoxy groups -OCH3 is 1. The summed E-state index contributed by atoms with van der Waals surface area (Å²) in [5.41, 5.74) is 1.35. The molecule has 0 spiro atoms. The molecule has 2 heterocycles. The van der Waals surface area contributed by atoms with Crippen molar-refractivity contribution in [2.75, 3.05) is 13.7 Å². The van der Waals surface area contributed by atoms with Gasteiger partial charge in [0.2, 0.25) is 0 Å². The molecule has 5 heteroatoms. The molecule has 0 radical (unpaired) electrons. The van der Waals surface area contributed by atoms with Crippen LogP contribution in [0.4, 0.5) is 4.79 Å². The maximum Gasteiger partial charge on any atom is 0.327 e. The van der Waals surface area contributed by atoms with E-state index in [9.17, 15) is 9.59 Å². The Morgan fingerprint density at radius 2 is 2.09 bits per heavy atom. The Morgan fingerprint density at radius 3 is 2.73 bits per heavy atom. The first kappa shape index (κ1) is 14.9. The van der Waals surface area contributed by atoms with Crippen molar-refractivity contribution in [3.8, 4) is 5.75 Å². The molecule has 22 heavy (non-hydrogen) atoms. The van der Waals surface area contributed by atoms with E-state index in [1.165, 1.54) is 4.90 Å². The number of benzene rings is 1. The summed E-state index contributed by atoms with van der Waals surface area (Å²) in [7, 11) is 1.61. The molecule has 2 aliphatic heterocycles. The minimum absolute atomic E-state index is 0.0554. The Bertz CT molecular complexity index is 628. The number of carbonyl (C=O) groups excluding carboxylic acids is 2. The molecule has 3 amide bonds. The summed E-state index contributed by atoms with van der Waals surface area (Å²) in [5, 5.41) is 0. The highest BCUT2D eigenvalue weighted by Crippen LogP contribution is 2.41. The van der Waals surface area contributed by atoms with Crippen LogP contribution in [0.3, 0.4) is 0 Å². The number of ether oxygens (including phenoxy) is 1. The molecule has 2 aliphatic rings. The van der Waals surface area contributed by atoms with Gasteiger partial charge in [0.15, 0.2) is 0 Å². The fourth-order valence-corrected chi connectivity index (χ4v) is 3.67. The topological polar surface area (TPSA) is 49.9 Å². The predicted octanol–water partition coefficient (Wildman–Crippen LogP) is 2.71. The molecule has 0 N–H and O–H groups in total. The van der Waals surface area contributed by atoms with E-state index in [2.05, 4.69) is 0 Å². The summed E-state index contributed by atoms with van der Waals surface area (Å²) in [4.78, 5) is 28.6. The number of rotatable bonds is 4. The Balaban J connectivity index is 1.91. The number of aryl methyl sites for hydroxylation is 1. The van der Waals surface area contributed by atoms with Gasteiger partial charge in [-0.15, -0.1) is 0 Å². The van der Waals surface area contributed by atoms with E-state index in [1.807, 2.05) is 32.0 Å². The highest BCUT2D eigenvalue weighted by Gasteiger charge is 2.58. The third kappa shape index (κ3) is 1.99. The Kier molecular flexibility index (Phi) is 3.59. The Morgan fingerprint density at radius 1 is 1.32 bits per heavy atom. The second kappa shape index (κ2) is 5.30. The van der Waals surface area contributed by atoms with Gasteiger partial charge in [0.1, 0.15) is 11.3 Å². The van der Waals surface area contributed by atoms with Crippen molar-refractivity contribution in [1.29, 1.82) is 0 Å². The first-order valence-electron chi connectivity index (χ1n) is 7.80. The van der Waals surface area contributed by atoms with Gasteiger partial charge in [-0.1, -0.05) is 19.1 Å². The normalized spacial score (nSPS) is 24.1. The highest BCUT2D eigenvalue weighted by atomic mass is 16.5. The lowest BCUT2D eigenvalue weighted by molar-refractivity contribution is -0.133. The van der Waals surface area contributed by atoms with Crippen molar-refractivity contribution >= 4 is 11.9 Å². The molecule has 1 atom stereocenters. The van der Waals surface area contributed by atoms with E-state index >= 15 is 0 Å². The lowest BCUT2D eigenvalue weighted by atomic mass is 9.93. The van der Waals surface area contributed by atoms with Gasteiger partial charge in [0.05, 0.1) is 13.7 Å². The summed E-state index contributed by atoms with van der Waals surface area (Å²) < 4.78 is 5.39. The van der Waals surface area contributed by atoms with Crippen LogP contribution in [0, 0.1) is 6.92 Å². The fraction of sp³-hybridized carbons (Fsp3) is 0.529. The van der Waals surface area contributed by atoms with Crippen LogP contribution in [-0.4, -0.2) is 40.9 Å². The van der Waals surface area contributed by atoms with Gasteiger partial charge in [-0.3, -0.25) is 9.69 Å². The molecule has 1 aromatic rings. The zero-order valence-electron chi connectivity index (χ0n) is 13.4. The van der Waals surface area contributed by atoms with Crippen LogP contribution in [0.15, 0.2) is 18.2 Å². The number of nitrogens with zero attached hydrogens (tertiary/aromatic N) is 2. The molecule has 0 aromatic heterocycles. The van der Waals surface area contributed by atoms with Gasteiger partial charge >= 0.3 is 6.03 Å². The van der Waals surface area contributed by atoms with E-state index in [0.717, 1.165) is 29.7 Å². The number of amides is 3. The van der Waals surface area contributed by atoms with Gasteiger partial charge < -0.3 is 9.64 Å². The minimum Gasteiger partial charge on any atom is -0.496 e. The fourth-order valence-electron chi connectivity index (χ4n) is 3.67. The average Bonchev–Trinajstić information content (AvgIpc) is 3.03. The van der Waals surface area contributed by atoms with Crippen molar-refractivity contribution in [3.05, 3.63) is 29.3 Å². The maximum absolute atomic E-state index is 12.8. The third-order valence-corrected chi connectivity index (χ3v) is 4.95. The van der Waals surface area contributed by atoms with Crippen molar-refractivity contribution < 1.29 is 14.3 Å². The number of urea groups is 1. The molecule has 0 saturated carbocycles. The zero-order chi connectivity index (χ0) is 15.9. The van der Waals surface area contributed by atoms with Crippen LogP contribution in [0.5, 0.6) is 5.75 Å². The lowest BCUT2D eigenvalue weighted by Crippen LogP contribution is -2.44. The molecule has 3 rings (SSSR count). The molecule has 0 bridgehead atoms. The SMILES string of the molecule is CC[C@]12CCCN1C(=O)N(Cc1ccc(C)cc1OC)C2=O. The minimum atomic E-state index is -0.602. The summed E-state index contributed by atoms with van der Waals surface area (Å²) >= 11 is 0. The second-order valence-corrected chi connectivity index (χ2v) is 6.13. The summed E-state index contributed by atoms with van der Waals surface area (Å²) in [6.07, 6.45) is 2.36. The summed E-state index contributed by atoms with van der Waals surface area (Å²) in [6, 6.07) is 5.67. The quantitative estimate of drug-likeness (QED) is 0.804. The molecule has 2 fully saturated rings. The number of hydrogen-bond acceptors (Lipinski definition) is 3.